The van der Waals surface area contributed by atoms with E-state index in [9.17, 15) is 9.59 Å². The van der Waals surface area contributed by atoms with E-state index in [4.69, 9.17) is 4.42 Å². The normalized spacial score (nSPS) is 23.1. The number of benzene rings is 1. The summed E-state index contributed by atoms with van der Waals surface area (Å²) >= 11 is 0. The number of carbonyl (C=O) groups excluding carboxylic acids is 2. The molecule has 0 radical (unpaired) electrons. The molecule has 1 heterocycles. The molecule has 1 aromatic carbocycles. The van der Waals surface area contributed by atoms with Gasteiger partial charge in [0.25, 0.3) is 0 Å². The molecule has 2 aromatic rings. The molecule has 0 saturated heterocycles. The van der Waals surface area contributed by atoms with Crippen LogP contribution < -0.4 is 4.90 Å². The van der Waals surface area contributed by atoms with Gasteiger partial charge in [-0.25, -0.2) is 0 Å². The Morgan fingerprint density at radius 2 is 1.95 bits per heavy atom. The second kappa shape index (κ2) is 4.93. The van der Waals surface area contributed by atoms with Crippen LogP contribution in [-0.4, -0.2) is 23.7 Å². The first-order valence-electron chi connectivity index (χ1n) is 7.46. The number of anilines is 1. The second-order valence-corrected chi connectivity index (χ2v) is 6.63. The Labute approximate surface area is 129 Å². The van der Waals surface area contributed by atoms with E-state index in [0.717, 1.165) is 5.52 Å². The number of oxazole rings is 1. The second-order valence-electron chi connectivity index (χ2n) is 6.63. The van der Waals surface area contributed by atoms with Crippen molar-refractivity contribution in [3.63, 3.8) is 0 Å². The minimum atomic E-state index is -0.316. The van der Waals surface area contributed by atoms with E-state index >= 15 is 0 Å². The summed E-state index contributed by atoms with van der Waals surface area (Å²) in [7, 11) is 1.67. The Morgan fingerprint density at radius 3 is 2.55 bits per heavy atom. The van der Waals surface area contributed by atoms with Gasteiger partial charge in [-0.15, -0.1) is 0 Å². The smallest absolute Gasteiger partial charge is 0.304 e. The SMILES string of the molecule is CC(=O)[C@@H]1C[C@H](C(=O)N(C)c2nc3ccccc3o2)C1(C)C. The Kier molecular flexibility index (Phi) is 3.31. The van der Waals surface area contributed by atoms with E-state index in [1.807, 2.05) is 38.1 Å². The maximum absolute atomic E-state index is 12.7. The zero-order chi connectivity index (χ0) is 16.1. The molecule has 116 valence electrons. The first-order valence-corrected chi connectivity index (χ1v) is 7.46. The lowest BCUT2D eigenvalue weighted by Gasteiger charge is -2.50. The lowest BCUT2D eigenvalue weighted by atomic mass is 9.53. The van der Waals surface area contributed by atoms with E-state index in [2.05, 4.69) is 4.98 Å². The molecule has 0 bridgehead atoms. The molecule has 1 aromatic heterocycles. The first kappa shape index (κ1) is 14.8. The molecule has 0 unspecified atom stereocenters. The highest BCUT2D eigenvalue weighted by molar-refractivity contribution is 5.96. The van der Waals surface area contributed by atoms with Crippen molar-refractivity contribution in [3.05, 3.63) is 24.3 Å². The van der Waals surface area contributed by atoms with Gasteiger partial charge >= 0.3 is 6.01 Å². The van der Waals surface area contributed by atoms with Crippen LogP contribution in [0.4, 0.5) is 6.01 Å². The molecule has 22 heavy (non-hydrogen) atoms. The number of aromatic nitrogens is 1. The molecule has 1 amide bonds. The third kappa shape index (κ3) is 2.12. The fourth-order valence-electron chi connectivity index (χ4n) is 3.37. The van der Waals surface area contributed by atoms with Crippen LogP contribution in [0.25, 0.3) is 11.1 Å². The first-order chi connectivity index (χ1) is 10.3. The molecular formula is C17H20N2O3. The van der Waals surface area contributed by atoms with E-state index < -0.39 is 0 Å². The standard InChI is InChI=1S/C17H20N2O3/c1-10(20)11-9-12(17(11,2)3)15(21)19(4)16-18-13-7-5-6-8-14(13)22-16/h5-8,11-12H,9H2,1-4H3/t11-,12+/m0/s1. The Morgan fingerprint density at radius 1 is 1.27 bits per heavy atom. The maximum Gasteiger partial charge on any atom is 0.304 e. The summed E-state index contributed by atoms with van der Waals surface area (Å²) in [4.78, 5) is 30.1. The molecule has 3 rings (SSSR count). The molecule has 1 saturated carbocycles. The van der Waals surface area contributed by atoms with Crippen LogP contribution in [0.15, 0.2) is 28.7 Å². The van der Waals surface area contributed by atoms with Gasteiger partial charge in [0.15, 0.2) is 5.58 Å². The van der Waals surface area contributed by atoms with Crippen molar-refractivity contribution >= 4 is 28.8 Å². The highest BCUT2D eigenvalue weighted by atomic mass is 16.4. The molecule has 5 heteroatoms. The summed E-state index contributed by atoms with van der Waals surface area (Å²) in [5.41, 5.74) is 1.07. The lowest BCUT2D eigenvalue weighted by molar-refractivity contribution is -0.146. The van der Waals surface area contributed by atoms with Gasteiger partial charge in [0.05, 0.1) is 0 Å². The van der Waals surface area contributed by atoms with E-state index in [1.54, 1.807) is 14.0 Å². The highest BCUT2D eigenvalue weighted by Crippen LogP contribution is 2.52. The van der Waals surface area contributed by atoms with Crippen molar-refractivity contribution in [2.24, 2.45) is 17.3 Å². The summed E-state index contributed by atoms with van der Waals surface area (Å²) in [5.74, 6) is -0.118. The highest BCUT2D eigenvalue weighted by Gasteiger charge is 2.54. The number of hydrogen-bond acceptors (Lipinski definition) is 4. The molecule has 5 nitrogen and oxygen atoms in total. The van der Waals surface area contributed by atoms with Gasteiger partial charge in [-0.2, -0.15) is 4.98 Å². The average Bonchev–Trinajstić information content (AvgIpc) is 2.88. The Bertz CT molecular complexity index is 714. The quantitative estimate of drug-likeness (QED) is 0.874. The van der Waals surface area contributed by atoms with Crippen molar-refractivity contribution in [2.45, 2.75) is 27.2 Å². The third-order valence-corrected chi connectivity index (χ3v) is 4.96. The van der Waals surface area contributed by atoms with Gasteiger partial charge in [0, 0.05) is 18.9 Å². The van der Waals surface area contributed by atoms with Gasteiger partial charge in [-0.05, 0) is 30.9 Å². The number of amides is 1. The van der Waals surface area contributed by atoms with Gasteiger partial charge < -0.3 is 4.42 Å². The fourth-order valence-corrected chi connectivity index (χ4v) is 3.37. The van der Waals surface area contributed by atoms with Crippen molar-refractivity contribution < 1.29 is 14.0 Å². The molecule has 1 aliphatic carbocycles. The largest absolute Gasteiger partial charge is 0.423 e. The summed E-state index contributed by atoms with van der Waals surface area (Å²) in [6, 6.07) is 7.71. The molecule has 0 aliphatic heterocycles. The maximum atomic E-state index is 12.7. The van der Waals surface area contributed by atoms with Crippen LogP contribution in [0.5, 0.6) is 0 Å². The van der Waals surface area contributed by atoms with Crippen molar-refractivity contribution in [1.29, 1.82) is 0 Å². The average molecular weight is 300 g/mol. The van der Waals surface area contributed by atoms with Crippen LogP contribution in [0.3, 0.4) is 0 Å². The summed E-state index contributed by atoms with van der Waals surface area (Å²) < 4.78 is 5.64. The monoisotopic (exact) mass is 300 g/mol. The number of hydrogen-bond donors (Lipinski definition) is 0. The molecular weight excluding hydrogens is 280 g/mol. The molecule has 0 spiro atoms. The van der Waals surface area contributed by atoms with Crippen molar-refractivity contribution in [2.75, 3.05) is 11.9 Å². The summed E-state index contributed by atoms with van der Waals surface area (Å²) in [5, 5.41) is 0. The number of para-hydroxylation sites is 2. The van der Waals surface area contributed by atoms with Crippen molar-refractivity contribution in [1.82, 2.24) is 4.98 Å². The number of Topliss-reactive ketones (excluding diaryl/α,β-unsaturated/α-hetero) is 1. The zero-order valence-corrected chi connectivity index (χ0v) is 13.3. The van der Waals surface area contributed by atoms with E-state index in [1.165, 1.54) is 4.90 Å². The lowest BCUT2D eigenvalue weighted by Crippen LogP contribution is -2.55. The van der Waals surface area contributed by atoms with Gasteiger partial charge in [0.1, 0.15) is 11.3 Å². The molecule has 1 aliphatic rings. The van der Waals surface area contributed by atoms with Crippen LogP contribution in [0, 0.1) is 17.3 Å². The van der Waals surface area contributed by atoms with Crippen LogP contribution in [-0.2, 0) is 9.59 Å². The van der Waals surface area contributed by atoms with Crippen molar-refractivity contribution in [3.8, 4) is 0 Å². The van der Waals surface area contributed by atoms with Gasteiger partial charge in [-0.3, -0.25) is 14.5 Å². The number of ketones is 1. The Hall–Kier alpha value is -2.17. The predicted molar refractivity (Wildman–Crippen MR) is 83.5 cm³/mol. The summed E-state index contributed by atoms with van der Waals surface area (Å²) in [6.07, 6.45) is 0.603. The number of fused-ring (bicyclic) bond motifs is 1. The van der Waals surface area contributed by atoms with Crippen LogP contribution in [0.1, 0.15) is 27.2 Å². The number of carbonyl (C=O) groups is 2. The topological polar surface area (TPSA) is 63.4 Å². The molecule has 0 N–H and O–H groups in total. The van der Waals surface area contributed by atoms with Crippen LogP contribution in [0.2, 0.25) is 0 Å². The van der Waals surface area contributed by atoms with Gasteiger partial charge in [0.2, 0.25) is 5.91 Å². The fraction of sp³-hybridized carbons (Fsp3) is 0.471. The molecule has 2 atom stereocenters. The minimum Gasteiger partial charge on any atom is -0.423 e. The van der Waals surface area contributed by atoms with E-state index in [-0.39, 0.29) is 28.9 Å². The number of rotatable bonds is 3. The number of nitrogens with zero attached hydrogens (tertiary/aromatic N) is 2. The van der Waals surface area contributed by atoms with Crippen LogP contribution >= 0.6 is 0 Å². The zero-order valence-electron chi connectivity index (χ0n) is 13.3. The molecule has 1 fully saturated rings. The minimum absolute atomic E-state index is 0.0431. The Balaban J connectivity index is 1.82. The summed E-state index contributed by atoms with van der Waals surface area (Å²) in [6.45, 7) is 5.55. The van der Waals surface area contributed by atoms with E-state index in [0.29, 0.717) is 18.0 Å². The van der Waals surface area contributed by atoms with Gasteiger partial charge in [-0.1, -0.05) is 26.0 Å². The predicted octanol–water partition coefficient (Wildman–Crippen LogP) is 3.04. The third-order valence-electron chi connectivity index (χ3n) is 4.96.